The lowest BCUT2D eigenvalue weighted by Crippen LogP contribution is -1.96. The van der Waals surface area contributed by atoms with E-state index in [0.717, 1.165) is 6.42 Å². The number of aryl methyl sites for hydroxylation is 2. The van der Waals surface area contributed by atoms with Crippen molar-refractivity contribution in [3.05, 3.63) is 72.4 Å². The molecule has 0 aliphatic heterocycles. The molecule has 0 spiro atoms. The highest BCUT2D eigenvalue weighted by molar-refractivity contribution is 6.18. The molecule has 0 saturated heterocycles. The second kappa shape index (κ2) is 5.88. The minimum Gasteiger partial charge on any atom is -0.347 e. The van der Waals surface area contributed by atoms with Crippen LogP contribution in [-0.2, 0) is 13.5 Å². The molecule has 0 N–H and O–H groups in total. The Morgan fingerprint density at radius 3 is 2.23 bits per heavy atom. The van der Waals surface area contributed by atoms with Crippen LogP contribution >= 0.6 is 0 Å². The number of hydrogen-bond donors (Lipinski definition) is 0. The minimum absolute atomic E-state index is 1.15. The van der Waals surface area contributed by atoms with E-state index in [1.54, 1.807) is 0 Å². The number of rotatable bonds is 3. The van der Waals surface area contributed by atoms with Gasteiger partial charge in [0.1, 0.15) is 0 Å². The summed E-state index contributed by atoms with van der Waals surface area (Å²) >= 11 is 0. The highest BCUT2D eigenvalue weighted by Crippen LogP contribution is 2.34. The maximum Gasteiger partial charge on any atom is 0.0559 e. The van der Waals surface area contributed by atoms with Gasteiger partial charge in [0.05, 0.1) is 5.52 Å². The number of nitrogens with zero attached hydrogens (tertiary/aromatic N) is 1. The van der Waals surface area contributed by atoms with Crippen LogP contribution in [-0.4, -0.2) is 4.57 Å². The molecule has 0 amide bonds. The van der Waals surface area contributed by atoms with E-state index in [1.165, 1.54) is 61.8 Å². The second-order valence-corrected chi connectivity index (χ2v) is 7.38. The van der Waals surface area contributed by atoms with E-state index in [0.29, 0.717) is 0 Å². The van der Waals surface area contributed by atoms with E-state index < -0.39 is 0 Å². The number of benzene rings is 4. The van der Waals surface area contributed by atoms with Gasteiger partial charge in [-0.3, -0.25) is 0 Å². The van der Waals surface area contributed by atoms with Crippen molar-refractivity contribution in [1.82, 2.24) is 4.57 Å². The van der Waals surface area contributed by atoms with Gasteiger partial charge in [-0.1, -0.05) is 61.9 Å². The topological polar surface area (TPSA) is 4.93 Å². The van der Waals surface area contributed by atoms with Crippen LogP contribution in [0.25, 0.3) is 43.2 Å². The Morgan fingerprint density at radius 1 is 0.692 bits per heavy atom. The van der Waals surface area contributed by atoms with E-state index in [1.807, 2.05) is 0 Å². The third-order valence-corrected chi connectivity index (χ3v) is 5.76. The first-order valence-corrected chi connectivity index (χ1v) is 9.59. The second-order valence-electron chi connectivity index (χ2n) is 7.38. The zero-order chi connectivity index (χ0) is 17.7. The van der Waals surface area contributed by atoms with Crippen molar-refractivity contribution in [3.8, 4) is 0 Å². The van der Waals surface area contributed by atoms with Crippen LogP contribution < -0.4 is 0 Å². The van der Waals surface area contributed by atoms with E-state index in [9.17, 15) is 0 Å². The van der Waals surface area contributed by atoms with Crippen LogP contribution in [0.5, 0.6) is 0 Å². The summed E-state index contributed by atoms with van der Waals surface area (Å²) in [5, 5.41) is 9.34. The molecule has 26 heavy (non-hydrogen) atoms. The molecule has 5 aromatic rings. The fourth-order valence-corrected chi connectivity index (χ4v) is 4.34. The average molecular weight is 337 g/mol. The van der Waals surface area contributed by atoms with E-state index in [4.69, 9.17) is 0 Å². The molecule has 4 aromatic carbocycles. The van der Waals surface area contributed by atoms with E-state index in [-0.39, 0.29) is 0 Å². The van der Waals surface area contributed by atoms with Gasteiger partial charge in [0.2, 0.25) is 0 Å². The number of aromatic nitrogens is 1. The zero-order valence-electron chi connectivity index (χ0n) is 15.4. The highest BCUT2D eigenvalue weighted by atomic mass is 14.9. The smallest absolute Gasteiger partial charge is 0.0559 e. The summed E-state index contributed by atoms with van der Waals surface area (Å²) in [6.07, 6.45) is 3.64. The number of hydrogen-bond acceptors (Lipinski definition) is 0. The monoisotopic (exact) mass is 337 g/mol. The summed E-state index contributed by atoms with van der Waals surface area (Å²) in [6, 6.07) is 24.8. The third-order valence-electron chi connectivity index (χ3n) is 5.76. The third kappa shape index (κ3) is 2.24. The Kier molecular flexibility index (Phi) is 3.49. The molecule has 0 unspecified atom stereocenters. The predicted molar refractivity (Wildman–Crippen MR) is 114 cm³/mol. The van der Waals surface area contributed by atoms with Crippen LogP contribution in [0.15, 0.2) is 66.7 Å². The van der Waals surface area contributed by atoms with Gasteiger partial charge in [0, 0.05) is 23.5 Å². The molecule has 0 bridgehead atoms. The first kappa shape index (κ1) is 15.5. The SMILES string of the molecule is CCCCc1cc2ccc3c4cc5ccccc5cc4ccc3c2n1C. The molecule has 5 rings (SSSR count). The summed E-state index contributed by atoms with van der Waals surface area (Å²) in [4.78, 5) is 0. The molecular weight excluding hydrogens is 314 g/mol. The molecule has 1 heterocycles. The fourth-order valence-electron chi connectivity index (χ4n) is 4.34. The van der Waals surface area contributed by atoms with Crippen molar-refractivity contribution >= 4 is 43.2 Å². The molecule has 0 radical (unpaired) electrons. The molecule has 0 aliphatic carbocycles. The number of unbranched alkanes of at least 4 members (excludes halogenated alkanes) is 1. The molecule has 0 saturated carbocycles. The molecule has 0 fully saturated rings. The average Bonchev–Trinajstić information content (AvgIpc) is 3.00. The van der Waals surface area contributed by atoms with Crippen molar-refractivity contribution in [1.29, 1.82) is 0 Å². The first-order valence-electron chi connectivity index (χ1n) is 9.59. The quantitative estimate of drug-likeness (QED) is 0.247. The standard InChI is InChI=1S/C25H23N/c1-3-4-9-21-15-20-11-12-22-23(25(20)26(21)2)13-10-19-14-17-7-5-6-8-18(17)16-24(19)22/h5-8,10-16H,3-4,9H2,1-2H3. The Bertz CT molecular complexity index is 1270. The summed E-state index contributed by atoms with van der Waals surface area (Å²) < 4.78 is 2.40. The van der Waals surface area contributed by atoms with Gasteiger partial charge >= 0.3 is 0 Å². The van der Waals surface area contributed by atoms with Crippen molar-refractivity contribution in [2.24, 2.45) is 7.05 Å². The van der Waals surface area contributed by atoms with Gasteiger partial charge < -0.3 is 4.57 Å². The first-order chi connectivity index (χ1) is 12.8. The molecular formula is C25H23N. The van der Waals surface area contributed by atoms with Crippen molar-refractivity contribution < 1.29 is 0 Å². The van der Waals surface area contributed by atoms with Gasteiger partial charge in [0.25, 0.3) is 0 Å². The lowest BCUT2D eigenvalue weighted by Gasteiger charge is -2.10. The highest BCUT2D eigenvalue weighted by Gasteiger charge is 2.11. The Balaban J connectivity index is 1.85. The van der Waals surface area contributed by atoms with Crippen LogP contribution in [0.4, 0.5) is 0 Å². The fraction of sp³-hybridized carbons (Fsp3) is 0.200. The molecule has 1 aromatic heterocycles. The Labute approximate surface area is 153 Å². The minimum atomic E-state index is 1.15. The lowest BCUT2D eigenvalue weighted by atomic mass is 9.97. The van der Waals surface area contributed by atoms with Gasteiger partial charge in [0.15, 0.2) is 0 Å². The van der Waals surface area contributed by atoms with E-state index in [2.05, 4.69) is 85.3 Å². The van der Waals surface area contributed by atoms with Crippen LogP contribution in [0, 0.1) is 0 Å². The maximum absolute atomic E-state index is 2.40. The molecule has 1 heteroatoms. The summed E-state index contributed by atoms with van der Waals surface area (Å²) in [7, 11) is 2.22. The molecule has 128 valence electrons. The Hall–Kier alpha value is -2.80. The molecule has 0 aliphatic rings. The van der Waals surface area contributed by atoms with Crippen LogP contribution in [0.3, 0.4) is 0 Å². The van der Waals surface area contributed by atoms with Gasteiger partial charge in [-0.2, -0.15) is 0 Å². The maximum atomic E-state index is 2.40. The zero-order valence-corrected chi connectivity index (χ0v) is 15.4. The van der Waals surface area contributed by atoms with Crippen LogP contribution in [0.1, 0.15) is 25.5 Å². The summed E-state index contributed by atoms with van der Waals surface area (Å²) in [5.41, 5.74) is 2.80. The Morgan fingerprint density at radius 2 is 1.42 bits per heavy atom. The lowest BCUT2D eigenvalue weighted by molar-refractivity contribution is 0.743. The van der Waals surface area contributed by atoms with Crippen molar-refractivity contribution in [2.75, 3.05) is 0 Å². The largest absolute Gasteiger partial charge is 0.347 e. The molecule has 1 nitrogen and oxygen atoms in total. The van der Waals surface area contributed by atoms with Crippen molar-refractivity contribution in [3.63, 3.8) is 0 Å². The van der Waals surface area contributed by atoms with Crippen LogP contribution in [0.2, 0.25) is 0 Å². The number of fused-ring (bicyclic) bond motifs is 6. The van der Waals surface area contributed by atoms with Gasteiger partial charge in [-0.05, 0) is 58.0 Å². The summed E-state index contributed by atoms with van der Waals surface area (Å²) in [6.45, 7) is 2.26. The summed E-state index contributed by atoms with van der Waals surface area (Å²) in [5.74, 6) is 0. The normalized spacial score (nSPS) is 11.9. The molecule has 0 atom stereocenters. The van der Waals surface area contributed by atoms with Crippen molar-refractivity contribution in [2.45, 2.75) is 26.2 Å². The van der Waals surface area contributed by atoms with Gasteiger partial charge in [-0.15, -0.1) is 0 Å². The predicted octanol–water partition coefficient (Wildman–Crippen LogP) is 6.98. The van der Waals surface area contributed by atoms with E-state index >= 15 is 0 Å². The van der Waals surface area contributed by atoms with Gasteiger partial charge in [-0.25, -0.2) is 0 Å².